The van der Waals surface area contributed by atoms with E-state index in [0.717, 1.165) is 12.0 Å². The van der Waals surface area contributed by atoms with E-state index in [-0.39, 0.29) is 103 Å². The summed E-state index contributed by atoms with van der Waals surface area (Å²) in [5.41, 5.74) is 2.42. The fourth-order valence-electron chi connectivity index (χ4n) is 7.59. The molecule has 2 aliphatic heterocycles. The molecule has 4 aromatic heterocycles. The van der Waals surface area contributed by atoms with Gasteiger partial charge >= 0.3 is 11.4 Å². The molecule has 71 heavy (non-hydrogen) atoms. The summed E-state index contributed by atoms with van der Waals surface area (Å²) in [6, 6.07) is 23.6. The molecule has 2 unspecified atom stereocenters. The number of ketones is 2. The van der Waals surface area contributed by atoms with Crippen molar-refractivity contribution < 1.29 is 43.1 Å². The number of carbonyl (C=O) groups is 2. The first-order valence-electron chi connectivity index (χ1n) is 21.9. The Morgan fingerprint density at radius 1 is 0.746 bits per heavy atom. The van der Waals surface area contributed by atoms with Gasteiger partial charge in [0, 0.05) is 48.5 Å². The first kappa shape index (κ1) is 49.4. The van der Waals surface area contributed by atoms with Crippen molar-refractivity contribution in [3.63, 3.8) is 0 Å². The molecule has 23 heteroatoms. The molecule has 9 rings (SSSR count). The van der Waals surface area contributed by atoms with E-state index in [1.165, 1.54) is 36.1 Å². The van der Waals surface area contributed by atoms with Gasteiger partial charge in [-0.25, -0.2) is 9.97 Å². The quantitative estimate of drug-likeness (QED) is 0.0436. The number of pyridine rings is 2. The van der Waals surface area contributed by atoms with Crippen molar-refractivity contribution in [2.45, 2.75) is 45.4 Å². The first-order chi connectivity index (χ1) is 34.3. The monoisotopic (exact) mass is 1010 g/mol. The predicted molar refractivity (Wildman–Crippen MR) is 260 cm³/mol. The fourth-order valence-corrected chi connectivity index (χ4v) is 8.03. The zero-order valence-electron chi connectivity index (χ0n) is 38.2. The summed E-state index contributed by atoms with van der Waals surface area (Å²) in [6.07, 6.45) is 3.79. The lowest BCUT2D eigenvalue weighted by Gasteiger charge is -2.15. The maximum absolute atomic E-state index is 13.5. The van der Waals surface area contributed by atoms with Crippen LogP contribution in [0.15, 0.2) is 97.3 Å². The standard InChI is InChI=1S/C28H26ClN5O6.C20H18ClN5O5/c1-17-26(34(36)37)28(32-33(17)15-18-7-9-19(38-2)10-8-18)31-24-13-25(40-20-11-12-39-16-20)30-14-22(24)27(35)21-5-3-4-6-23(21)29;1-11-18(26(28)29)20(25-24-11)23-16-8-17(31-12-6-7-30-10-12)22-9-14(16)19(27)13-4-2-3-5-15(13)21/h3-10,13-14,20H,11-12,15-16H2,1-2H3,(H,30,31,32);2-5,8-9,12H,6-7,10H2,1H3,(H2,22,23,24,25). The second kappa shape index (κ2) is 22.2. The van der Waals surface area contributed by atoms with E-state index < -0.39 is 21.4 Å². The van der Waals surface area contributed by atoms with E-state index in [1.807, 2.05) is 24.3 Å². The average Bonchev–Trinajstić information content (AvgIpc) is 4.19. The number of aryl methyl sites for hydroxylation is 1. The second-order valence-electron chi connectivity index (χ2n) is 16.1. The van der Waals surface area contributed by atoms with E-state index in [4.69, 9.17) is 46.9 Å². The minimum absolute atomic E-state index is 0.0226. The maximum atomic E-state index is 13.5. The normalized spacial score (nSPS) is 15.1. The van der Waals surface area contributed by atoms with Gasteiger partial charge in [0.05, 0.1) is 82.5 Å². The van der Waals surface area contributed by atoms with E-state index in [1.54, 1.807) is 62.6 Å². The third-order valence-corrected chi connectivity index (χ3v) is 11.9. The molecule has 366 valence electrons. The molecule has 2 aliphatic rings. The van der Waals surface area contributed by atoms with Gasteiger partial charge in [0.1, 0.15) is 29.3 Å². The number of rotatable bonds is 17. The van der Waals surface area contributed by atoms with Gasteiger partial charge in [-0.1, -0.05) is 59.6 Å². The summed E-state index contributed by atoms with van der Waals surface area (Å²) in [6.45, 7) is 5.48. The van der Waals surface area contributed by atoms with Crippen LogP contribution in [0.25, 0.3) is 0 Å². The van der Waals surface area contributed by atoms with Gasteiger partial charge in [0.15, 0.2) is 11.6 Å². The summed E-state index contributed by atoms with van der Waals surface area (Å²) in [4.78, 5) is 57.8. The maximum Gasteiger partial charge on any atom is 0.334 e. The van der Waals surface area contributed by atoms with E-state index in [2.05, 4.69) is 35.9 Å². The number of aromatic nitrogens is 6. The van der Waals surface area contributed by atoms with Crippen LogP contribution >= 0.6 is 23.2 Å². The number of aromatic amines is 1. The number of carbonyl (C=O) groups excluding carboxylic acids is 2. The van der Waals surface area contributed by atoms with Crippen molar-refractivity contribution in [2.24, 2.45) is 0 Å². The SMILES string of the molecule is COc1ccc(Cn2nc(Nc3cc(OC4CCOC4)ncc3C(=O)c3ccccc3Cl)c([N+](=O)[O-])c2C)cc1.Cc1[nH]nc(Nc2cc(OC3CCOC3)ncc2C(=O)c2ccccc2Cl)c1[N+](=O)[O-]. The lowest BCUT2D eigenvalue weighted by Crippen LogP contribution is -2.17. The van der Waals surface area contributed by atoms with Gasteiger partial charge in [0.2, 0.25) is 23.4 Å². The van der Waals surface area contributed by atoms with Crippen LogP contribution in [-0.4, -0.2) is 97.1 Å². The number of halogens is 2. The van der Waals surface area contributed by atoms with Gasteiger partial charge in [0.25, 0.3) is 0 Å². The van der Waals surface area contributed by atoms with Gasteiger partial charge in [-0.3, -0.25) is 39.6 Å². The first-order valence-corrected chi connectivity index (χ1v) is 22.7. The highest BCUT2D eigenvalue weighted by Crippen LogP contribution is 2.36. The summed E-state index contributed by atoms with van der Waals surface area (Å²) >= 11 is 12.5. The van der Waals surface area contributed by atoms with Crippen molar-refractivity contribution in [3.05, 3.63) is 167 Å². The van der Waals surface area contributed by atoms with Gasteiger partial charge in [-0.05, 0) is 55.8 Å². The van der Waals surface area contributed by atoms with Crippen LogP contribution in [0, 0.1) is 34.1 Å². The van der Waals surface area contributed by atoms with Crippen molar-refractivity contribution >= 4 is 69.2 Å². The van der Waals surface area contributed by atoms with E-state index in [9.17, 15) is 29.8 Å². The zero-order chi connectivity index (χ0) is 50.2. The highest BCUT2D eigenvalue weighted by atomic mass is 35.5. The lowest BCUT2D eigenvalue weighted by molar-refractivity contribution is -0.384. The second-order valence-corrected chi connectivity index (χ2v) is 16.9. The number of benzene rings is 3. The average molecular weight is 1010 g/mol. The van der Waals surface area contributed by atoms with Crippen LogP contribution < -0.4 is 24.8 Å². The number of hydrogen-bond acceptors (Lipinski definition) is 17. The molecule has 0 saturated carbocycles. The Kier molecular flexibility index (Phi) is 15.5. The van der Waals surface area contributed by atoms with Crippen LogP contribution in [0.5, 0.6) is 17.5 Å². The molecule has 3 aromatic carbocycles. The summed E-state index contributed by atoms with van der Waals surface area (Å²) in [5.74, 6) is 0.335. The Bertz CT molecular complexity index is 3100. The largest absolute Gasteiger partial charge is 0.497 e. The molecule has 0 amide bonds. The number of nitro groups is 2. The Morgan fingerprint density at radius 2 is 1.25 bits per heavy atom. The number of anilines is 4. The summed E-state index contributed by atoms with van der Waals surface area (Å²) < 4.78 is 29.2. The van der Waals surface area contributed by atoms with Crippen molar-refractivity contribution in [1.29, 1.82) is 0 Å². The molecule has 0 bridgehead atoms. The molecule has 2 saturated heterocycles. The molecule has 0 spiro atoms. The van der Waals surface area contributed by atoms with E-state index >= 15 is 0 Å². The number of nitrogens with one attached hydrogen (secondary N) is 3. The third kappa shape index (κ3) is 11.6. The van der Waals surface area contributed by atoms with Gasteiger partial charge in [-0.15, -0.1) is 10.2 Å². The lowest BCUT2D eigenvalue weighted by atomic mass is 10.0. The van der Waals surface area contributed by atoms with Crippen LogP contribution in [0.4, 0.5) is 34.4 Å². The molecular formula is C48H44Cl2N10O11. The highest BCUT2D eigenvalue weighted by Gasteiger charge is 2.29. The number of nitrogens with zero attached hydrogens (tertiary/aromatic N) is 7. The molecule has 6 heterocycles. The van der Waals surface area contributed by atoms with Crippen LogP contribution in [-0.2, 0) is 16.0 Å². The number of methoxy groups -OCH3 is 1. The molecule has 2 atom stereocenters. The van der Waals surface area contributed by atoms with Gasteiger partial charge < -0.3 is 34.3 Å². The van der Waals surface area contributed by atoms with Crippen molar-refractivity contribution in [3.8, 4) is 17.5 Å². The molecule has 3 N–H and O–H groups in total. The Balaban J connectivity index is 0.000000197. The molecule has 0 radical (unpaired) electrons. The minimum atomic E-state index is -0.550. The Labute approximate surface area is 414 Å². The highest BCUT2D eigenvalue weighted by molar-refractivity contribution is 6.35. The van der Waals surface area contributed by atoms with Crippen LogP contribution in [0.1, 0.15) is 61.6 Å². The summed E-state index contributed by atoms with van der Waals surface area (Å²) in [7, 11) is 1.58. The number of H-pyrrole nitrogens is 1. The Hall–Kier alpha value is -7.98. The zero-order valence-corrected chi connectivity index (χ0v) is 39.7. The predicted octanol–water partition coefficient (Wildman–Crippen LogP) is 9.16. The molecule has 0 aliphatic carbocycles. The third-order valence-electron chi connectivity index (χ3n) is 11.3. The molecule has 7 aromatic rings. The van der Waals surface area contributed by atoms with Crippen molar-refractivity contribution in [2.75, 3.05) is 44.2 Å². The molecular weight excluding hydrogens is 963 g/mol. The summed E-state index contributed by atoms with van der Waals surface area (Å²) in [5, 5.41) is 41.1. The van der Waals surface area contributed by atoms with Crippen molar-refractivity contribution in [1.82, 2.24) is 29.9 Å². The van der Waals surface area contributed by atoms with Gasteiger partial charge in [-0.2, -0.15) is 0 Å². The topological polar surface area (TPSA) is 263 Å². The minimum Gasteiger partial charge on any atom is -0.497 e. The fraction of sp³-hybridized carbons (Fsp3) is 0.250. The van der Waals surface area contributed by atoms with Crippen LogP contribution in [0.2, 0.25) is 10.0 Å². The Morgan fingerprint density at radius 3 is 1.72 bits per heavy atom. The molecule has 2 fully saturated rings. The smallest absolute Gasteiger partial charge is 0.334 e. The number of hydrogen-bond donors (Lipinski definition) is 3. The molecule has 21 nitrogen and oxygen atoms in total. The van der Waals surface area contributed by atoms with E-state index in [0.29, 0.717) is 44.3 Å². The number of ether oxygens (including phenoxy) is 5. The van der Waals surface area contributed by atoms with Crippen LogP contribution in [0.3, 0.4) is 0 Å².